The third-order valence-corrected chi connectivity index (χ3v) is 6.69. The Morgan fingerprint density at radius 3 is 2.21 bits per heavy atom. The number of aromatic amines is 1. The Labute approximate surface area is 230 Å². The summed E-state index contributed by atoms with van der Waals surface area (Å²) in [7, 11) is 3.10. The molecule has 0 radical (unpaired) electrons. The molecule has 0 spiro atoms. The van der Waals surface area contributed by atoms with Crippen LogP contribution in [0.25, 0.3) is 10.9 Å². The van der Waals surface area contributed by atoms with Crippen molar-refractivity contribution in [3.63, 3.8) is 0 Å². The van der Waals surface area contributed by atoms with Gasteiger partial charge in [0.2, 0.25) is 5.91 Å². The van der Waals surface area contributed by atoms with Crippen LogP contribution in [0.5, 0.6) is 11.5 Å². The molecular weight excluding hydrogens is 490 g/mol. The number of H-pyrrole nitrogens is 1. The molecule has 7 nitrogen and oxygen atoms in total. The monoisotopic (exact) mass is 527 g/mol. The van der Waals surface area contributed by atoms with E-state index in [0.717, 1.165) is 22.0 Å². The second-order valence-electron chi connectivity index (χ2n) is 10.1. The molecule has 1 N–H and O–H groups in total. The minimum atomic E-state index is -0.231. The van der Waals surface area contributed by atoms with Crippen molar-refractivity contribution in [2.24, 2.45) is 5.92 Å². The number of carbonyl (C=O) groups is 2. The lowest BCUT2D eigenvalue weighted by atomic mass is 10.1. The van der Waals surface area contributed by atoms with E-state index < -0.39 is 0 Å². The Bertz CT molecular complexity index is 1370. The molecule has 0 atom stereocenters. The number of amides is 2. The fourth-order valence-electron chi connectivity index (χ4n) is 4.73. The number of hydrogen-bond acceptors (Lipinski definition) is 4. The Kier molecular flexibility index (Phi) is 9.26. The van der Waals surface area contributed by atoms with Gasteiger partial charge in [-0.25, -0.2) is 0 Å². The highest BCUT2D eigenvalue weighted by molar-refractivity contribution is 5.97. The molecule has 2 amide bonds. The van der Waals surface area contributed by atoms with Gasteiger partial charge in [-0.3, -0.25) is 9.59 Å². The standard InChI is InChI=1S/C32H37N3O4/c1-23(2)20-35(32(37)26-16-27(38-3)18-28(17-26)39-4)22-31(36)34(21-24-10-6-5-7-11-24)15-14-25-19-33-30-13-9-8-12-29(25)30/h5-13,16-19,23,33H,14-15,20-22H2,1-4H3. The summed E-state index contributed by atoms with van der Waals surface area (Å²) in [4.78, 5) is 34.3. The lowest BCUT2D eigenvalue weighted by molar-refractivity contribution is -0.132. The lowest BCUT2D eigenvalue weighted by Gasteiger charge is -2.29. The van der Waals surface area contributed by atoms with Crippen molar-refractivity contribution in [2.75, 3.05) is 33.9 Å². The number of aromatic nitrogens is 1. The number of hydrogen-bond donors (Lipinski definition) is 1. The summed E-state index contributed by atoms with van der Waals surface area (Å²) in [5, 5.41) is 1.16. The largest absolute Gasteiger partial charge is 0.497 e. The van der Waals surface area contributed by atoms with Gasteiger partial charge in [-0.05, 0) is 41.7 Å². The molecule has 1 aromatic heterocycles. The molecular formula is C32H37N3O4. The van der Waals surface area contributed by atoms with Crippen LogP contribution in [0.15, 0.2) is 79.0 Å². The van der Waals surface area contributed by atoms with Crippen molar-refractivity contribution in [3.8, 4) is 11.5 Å². The zero-order valence-electron chi connectivity index (χ0n) is 23.1. The molecule has 4 rings (SSSR count). The van der Waals surface area contributed by atoms with E-state index >= 15 is 0 Å². The Balaban J connectivity index is 1.57. The molecule has 0 aliphatic rings. The van der Waals surface area contributed by atoms with Crippen molar-refractivity contribution in [3.05, 3.63) is 95.7 Å². The topological polar surface area (TPSA) is 74.9 Å². The third kappa shape index (κ3) is 7.19. The van der Waals surface area contributed by atoms with Gasteiger partial charge in [-0.2, -0.15) is 0 Å². The molecule has 0 aliphatic heterocycles. The zero-order chi connectivity index (χ0) is 27.8. The number of ether oxygens (including phenoxy) is 2. The van der Waals surface area contributed by atoms with Crippen molar-refractivity contribution >= 4 is 22.7 Å². The molecule has 3 aromatic carbocycles. The summed E-state index contributed by atoms with van der Waals surface area (Å²) in [6.45, 7) is 5.51. The summed E-state index contributed by atoms with van der Waals surface area (Å²) in [5.41, 5.74) is 3.71. The van der Waals surface area contributed by atoms with Gasteiger partial charge in [-0.1, -0.05) is 62.4 Å². The first-order valence-electron chi connectivity index (χ1n) is 13.3. The average molecular weight is 528 g/mol. The summed E-state index contributed by atoms with van der Waals surface area (Å²) in [6, 6.07) is 23.2. The first-order valence-corrected chi connectivity index (χ1v) is 13.3. The predicted molar refractivity (Wildman–Crippen MR) is 154 cm³/mol. The number of benzene rings is 3. The van der Waals surface area contributed by atoms with Gasteiger partial charge in [0.05, 0.1) is 14.2 Å². The second kappa shape index (κ2) is 13.0. The van der Waals surface area contributed by atoms with Gasteiger partial charge in [0.15, 0.2) is 0 Å². The number of para-hydroxylation sites is 1. The van der Waals surface area contributed by atoms with Gasteiger partial charge in [0.1, 0.15) is 18.0 Å². The lowest BCUT2D eigenvalue weighted by Crippen LogP contribution is -2.44. The highest BCUT2D eigenvalue weighted by Gasteiger charge is 2.24. The molecule has 0 aliphatic carbocycles. The van der Waals surface area contributed by atoms with Gasteiger partial charge in [0, 0.05) is 48.4 Å². The Hall–Kier alpha value is -4.26. The van der Waals surface area contributed by atoms with Gasteiger partial charge in [-0.15, -0.1) is 0 Å². The highest BCUT2D eigenvalue weighted by Crippen LogP contribution is 2.24. The maximum atomic E-state index is 13.8. The van der Waals surface area contributed by atoms with Crippen LogP contribution in [-0.2, 0) is 17.8 Å². The number of fused-ring (bicyclic) bond motifs is 1. The average Bonchev–Trinajstić information content (AvgIpc) is 3.37. The van der Waals surface area contributed by atoms with E-state index in [9.17, 15) is 9.59 Å². The molecule has 39 heavy (non-hydrogen) atoms. The molecule has 0 fully saturated rings. The third-order valence-electron chi connectivity index (χ3n) is 6.69. The van der Waals surface area contributed by atoms with E-state index in [0.29, 0.717) is 43.1 Å². The van der Waals surface area contributed by atoms with E-state index in [-0.39, 0.29) is 24.3 Å². The van der Waals surface area contributed by atoms with Crippen molar-refractivity contribution < 1.29 is 19.1 Å². The maximum absolute atomic E-state index is 13.8. The van der Waals surface area contributed by atoms with Crippen molar-refractivity contribution in [1.29, 1.82) is 0 Å². The van der Waals surface area contributed by atoms with E-state index in [2.05, 4.69) is 17.1 Å². The van der Waals surface area contributed by atoms with Crippen LogP contribution in [0.4, 0.5) is 0 Å². The molecule has 0 bridgehead atoms. The van der Waals surface area contributed by atoms with Crippen LogP contribution in [0.3, 0.4) is 0 Å². The number of nitrogens with one attached hydrogen (secondary N) is 1. The van der Waals surface area contributed by atoms with Crippen LogP contribution in [0.1, 0.15) is 35.3 Å². The number of carbonyl (C=O) groups excluding carboxylic acids is 2. The second-order valence-corrected chi connectivity index (χ2v) is 10.1. The van der Waals surface area contributed by atoms with Crippen molar-refractivity contribution in [1.82, 2.24) is 14.8 Å². The number of nitrogens with zero attached hydrogens (tertiary/aromatic N) is 2. The van der Waals surface area contributed by atoms with Gasteiger partial charge in [0.25, 0.3) is 5.91 Å². The van der Waals surface area contributed by atoms with Gasteiger partial charge >= 0.3 is 0 Å². The minimum Gasteiger partial charge on any atom is -0.497 e. The van der Waals surface area contributed by atoms with E-state index in [1.54, 1.807) is 37.3 Å². The molecule has 0 unspecified atom stereocenters. The molecule has 0 saturated heterocycles. The summed E-state index contributed by atoms with van der Waals surface area (Å²) < 4.78 is 10.7. The predicted octanol–water partition coefficient (Wildman–Crippen LogP) is 5.55. The molecule has 0 saturated carbocycles. The van der Waals surface area contributed by atoms with Crippen LogP contribution < -0.4 is 9.47 Å². The van der Waals surface area contributed by atoms with E-state index in [4.69, 9.17) is 9.47 Å². The molecule has 7 heteroatoms. The van der Waals surface area contributed by atoms with Crippen LogP contribution in [-0.4, -0.2) is 60.5 Å². The Morgan fingerprint density at radius 2 is 1.54 bits per heavy atom. The number of rotatable bonds is 12. The first kappa shape index (κ1) is 27.8. The molecule has 1 heterocycles. The van der Waals surface area contributed by atoms with Crippen LogP contribution in [0, 0.1) is 5.92 Å². The fourth-order valence-corrected chi connectivity index (χ4v) is 4.73. The fraction of sp³-hybridized carbons (Fsp3) is 0.312. The zero-order valence-corrected chi connectivity index (χ0v) is 23.1. The van der Waals surface area contributed by atoms with Crippen LogP contribution in [0.2, 0.25) is 0 Å². The maximum Gasteiger partial charge on any atom is 0.254 e. The van der Waals surface area contributed by atoms with E-state index in [1.807, 2.05) is 67.4 Å². The quantitative estimate of drug-likeness (QED) is 0.262. The van der Waals surface area contributed by atoms with Crippen molar-refractivity contribution in [2.45, 2.75) is 26.8 Å². The van der Waals surface area contributed by atoms with Gasteiger partial charge < -0.3 is 24.3 Å². The van der Waals surface area contributed by atoms with E-state index in [1.165, 1.54) is 0 Å². The normalized spacial score (nSPS) is 11.0. The first-order chi connectivity index (χ1) is 18.9. The number of methoxy groups -OCH3 is 2. The highest BCUT2D eigenvalue weighted by atomic mass is 16.5. The minimum absolute atomic E-state index is 0.0166. The van der Waals surface area contributed by atoms with Crippen LogP contribution >= 0.6 is 0 Å². The molecule has 4 aromatic rings. The summed E-state index contributed by atoms with van der Waals surface area (Å²) in [6.07, 6.45) is 2.72. The smallest absolute Gasteiger partial charge is 0.254 e. The summed E-state index contributed by atoms with van der Waals surface area (Å²) >= 11 is 0. The molecule has 204 valence electrons. The SMILES string of the molecule is COc1cc(OC)cc(C(=O)N(CC(=O)N(CCc2c[nH]c3ccccc23)Cc2ccccc2)CC(C)C)c1. The Morgan fingerprint density at radius 1 is 0.872 bits per heavy atom. The summed E-state index contributed by atoms with van der Waals surface area (Å²) in [5.74, 6) is 0.909.